The van der Waals surface area contributed by atoms with E-state index in [1.165, 1.54) is 25.3 Å². The fourth-order valence-electron chi connectivity index (χ4n) is 1.40. The summed E-state index contributed by atoms with van der Waals surface area (Å²) in [5.74, 6) is 0.575. The summed E-state index contributed by atoms with van der Waals surface area (Å²) in [5, 5.41) is 12.2. The number of nitrogens with one attached hydrogen (secondary N) is 2. The second-order valence-electron chi connectivity index (χ2n) is 3.60. The Morgan fingerprint density at radius 1 is 1.33 bits per heavy atom. The molecule has 0 aliphatic heterocycles. The fourth-order valence-corrected chi connectivity index (χ4v) is 1.40. The molecule has 84 valence electrons. The van der Waals surface area contributed by atoms with Crippen molar-refractivity contribution in [1.82, 2.24) is 4.98 Å². The van der Waals surface area contributed by atoms with Gasteiger partial charge in [0.15, 0.2) is 0 Å². The molecule has 0 aromatic carbocycles. The van der Waals surface area contributed by atoms with Gasteiger partial charge in [0.1, 0.15) is 11.6 Å². The van der Waals surface area contributed by atoms with Crippen molar-refractivity contribution in [2.45, 2.75) is 32.6 Å². The predicted octanol–water partition coefficient (Wildman–Crippen LogP) is 2.07. The maximum absolute atomic E-state index is 11.0. The molecule has 1 rings (SSSR count). The van der Waals surface area contributed by atoms with Crippen LogP contribution >= 0.6 is 0 Å². The van der Waals surface area contributed by atoms with E-state index < -0.39 is 0 Å². The van der Waals surface area contributed by atoms with Crippen LogP contribution in [0, 0.1) is 0 Å². The molecule has 0 unspecified atom stereocenters. The highest BCUT2D eigenvalue weighted by atomic mass is 16.3. The molecular weight excluding hydrogens is 192 g/mol. The lowest BCUT2D eigenvalue weighted by atomic mass is 10.2. The SMILES string of the molecule is CCCCCCNc1cc(O)cc(=O)[nH]1. The number of hydrogen-bond donors (Lipinski definition) is 3. The molecule has 0 spiro atoms. The van der Waals surface area contributed by atoms with Gasteiger partial charge in [0, 0.05) is 18.7 Å². The monoisotopic (exact) mass is 210 g/mol. The molecule has 1 aromatic rings. The predicted molar refractivity (Wildman–Crippen MR) is 61.4 cm³/mol. The Morgan fingerprint density at radius 3 is 2.80 bits per heavy atom. The van der Waals surface area contributed by atoms with Crippen molar-refractivity contribution in [3.63, 3.8) is 0 Å². The van der Waals surface area contributed by atoms with Crippen LogP contribution in [0.25, 0.3) is 0 Å². The smallest absolute Gasteiger partial charge is 0.253 e. The Labute approximate surface area is 89.3 Å². The molecule has 4 heteroatoms. The molecule has 1 aromatic heterocycles. The molecule has 1 heterocycles. The van der Waals surface area contributed by atoms with Crippen molar-refractivity contribution >= 4 is 5.82 Å². The summed E-state index contributed by atoms with van der Waals surface area (Å²) in [6, 6.07) is 2.67. The quantitative estimate of drug-likeness (QED) is 0.630. The van der Waals surface area contributed by atoms with Gasteiger partial charge in [-0.1, -0.05) is 26.2 Å². The Bertz CT molecular complexity index is 347. The highest BCUT2D eigenvalue weighted by Gasteiger charge is 1.96. The van der Waals surface area contributed by atoms with Crippen molar-refractivity contribution < 1.29 is 5.11 Å². The summed E-state index contributed by atoms with van der Waals surface area (Å²) < 4.78 is 0. The van der Waals surface area contributed by atoms with Crippen LogP contribution in [0.3, 0.4) is 0 Å². The molecule has 0 aliphatic carbocycles. The summed E-state index contributed by atoms with van der Waals surface area (Å²) >= 11 is 0. The topological polar surface area (TPSA) is 65.1 Å². The molecule has 0 saturated heterocycles. The number of aromatic hydroxyl groups is 1. The summed E-state index contributed by atoms with van der Waals surface area (Å²) in [4.78, 5) is 13.6. The van der Waals surface area contributed by atoms with E-state index in [2.05, 4.69) is 17.2 Å². The van der Waals surface area contributed by atoms with E-state index in [4.69, 9.17) is 0 Å². The zero-order chi connectivity index (χ0) is 11.1. The Morgan fingerprint density at radius 2 is 2.13 bits per heavy atom. The van der Waals surface area contributed by atoms with Gasteiger partial charge in [0.25, 0.3) is 5.56 Å². The highest BCUT2D eigenvalue weighted by Crippen LogP contribution is 2.09. The van der Waals surface area contributed by atoms with Crippen molar-refractivity contribution in [2.75, 3.05) is 11.9 Å². The maximum atomic E-state index is 11.0. The van der Waals surface area contributed by atoms with Crippen molar-refractivity contribution in [3.05, 3.63) is 22.5 Å². The molecule has 0 amide bonds. The van der Waals surface area contributed by atoms with Gasteiger partial charge in [-0.15, -0.1) is 0 Å². The van der Waals surface area contributed by atoms with E-state index in [0.29, 0.717) is 5.82 Å². The first-order chi connectivity index (χ1) is 7.22. The van der Waals surface area contributed by atoms with Crippen LogP contribution in [0.1, 0.15) is 32.6 Å². The number of anilines is 1. The van der Waals surface area contributed by atoms with Crippen molar-refractivity contribution in [2.24, 2.45) is 0 Å². The molecule has 0 saturated carbocycles. The molecule has 3 N–H and O–H groups in total. The van der Waals surface area contributed by atoms with E-state index in [9.17, 15) is 9.90 Å². The third-order valence-corrected chi connectivity index (χ3v) is 2.17. The molecule has 15 heavy (non-hydrogen) atoms. The van der Waals surface area contributed by atoms with Gasteiger partial charge in [-0.3, -0.25) is 4.79 Å². The summed E-state index contributed by atoms with van der Waals surface area (Å²) in [7, 11) is 0. The normalized spacial score (nSPS) is 10.2. The van der Waals surface area contributed by atoms with Gasteiger partial charge in [0.2, 0.25) is 0 Å². The average molecular weight is 210 g/mol. The Hall–Kier alpha value is -1.45. The van der Waals surface area contributed by atoms with E-state index in [1.807, 2.05) is 0 Å². The van der Waals surface area contributed by atoms with Gasteiger partial charge in [-0.2, -0.15) is 0 Å². The van der Waals surface area contributed by atoms with Gasteiger partial charge in [-0.05, 0) is 6.42 Å². The Balaban J connectivity index is 2.34. The number of H-pyrrole nitrogens is 1. The molecule has 0 atom stereocenters. The summed E-state index contributed by atoms with van der Waals surface area (Å²) in [5.41, 5.74) is -0.286. The molecule has 0 radical (unpaired) electrons. The van der Waals surface area contributed by atoms with Gasteiger partial charge in [-0.25, -0.2) is 0 Å². The van der Waals surface area contributed by atoms with E-state index in [1.54, 1.807) is 0 Å². The highest BCUT2D eigenvalue weighted by molar-refractivity contribution is 5.39. The van der Waals surface area contributed by atoms with E-state index in [-0.39, 0.29) is 11.3 Å². The van der Waals surface area contributed by atoms with E-state index in [0.717, 1.165) is 19.0 Å². The first-order valence-electron chi connectivity index (χ1n) is 5.39. The summed E-state index contributed by atoms with van der Waals surface area (Å²) in [6.07, 6.45) is 4.71. The standard InChI is InChI=1S/C11H18N2O2/c1-2-3-4-5-6-12-10-7-9(14)8-11(15)13-10/h7-8H,2-6H2,1H3,(H3,12,13,14,15). The summed E-state index contributed by atoms with van der Waals surface area (Å²) in [6.45, 7) is 2.99. The van der Waals surface area contributed by atoms with E-state index >= 15 is 0 Å². The van der Waals surface area contributed by atoms with Crippen LogP contribution in [0.5, 0.6) is 5.75 Å². The number of unbranched alkanes of at least 4 members (excludes halogenated alkanes) is 3. The van der Waals surface area contributed by atoms with Crippen LogP contribution in [0.15, 0.2) is 16.9 Å². The van der Waals surface area contributed by atoms with Crippen LogP contribution in [0.4, 0.5) is 5.82 Å². The minimum absolute atomic E-state index is 0.00481. The average Bonchev–Trinajstić information content (AvgIpc) is 2.16. The third kappa shape index (κ3) is 4.54. The molecule has 4 nitrogen and oxygen atoms in total. The van der Waals surface area contributed by atoms with Crippen molar-refractivity contribution in [1.29, 1.82) is 0 Å². The van der Waals surface area contributed by atoms with Crippen LogP contribution < -0.4 is 10.9 Å². The minimum Gasteiger partial charge on any atom is -0.508 e. The third-order valence-electron chi connectivity index (χ3n) is 2.17. The lowest BCUT2D eigenvalue weighted by Gasteiger charge is -2.05. The van der Waals surface area contributed by atoms with Crippen LogP contribution in [-0.4, -0.2) is 16.6 Å². The first kappa shape index (κ1) is 11.6. The number of pyridine rings is 1. The number of aromatic amines is 1. The van der Waals surface area contributed by atoms with Gasteiger partial charge < -0.3 is 15.4 Å². The number of hydrogen-bond acceptors (Lipinski definition) is 3. The van der Waals surface area contributed by atoms with Gasteiger partial charge >= 0.3 is 0 Å². The van der Waals surface area contributed by atoms with Gasteiger partial charge in [0.05, 0.1) is 0 Å². The largest absolute Gasteiger partial charge is 0.508 e. The molecule has 0 aliphatic rings. The first-order valence-corrected chi connectivity index (χ1v) is 5.39. The van der Waals surface area contributed by atoms with Crippen LogP contribution in [0.2, 0.25) is 0 Å². The number of aromatic nitrogens is 1. The molecular formula is C11H18N2O2. The van der Waals surface area contributed by atoms with Crippen LogP contribution in [-0.2, 0) is 0 Å². The number of rotatable bonds is 6. The fraction of sp³-hybridized carbons (Fsp3) is 0.545. The maximum Gasteiger partial charge on any atom is 0.253 e. The molecule has 0 bridgehead atoms. The molecule has 0 fully saturated rings. The zero-order valence-corrected chi connectivity index (χ0v) is 9.05. The van der Waals surface area contributed by atoms with Crippen molar-refractivity contribution in [3.8, 4) is 5.75 Å². The second kappa shape index (κ2) is 6.11. The Kier molecular flexibility index (Phi) is 4.74. The lowest BCUT2D eigenvalue weighted by Crippen LogP contribution is -2.10. The lowest BCUT2D eigenvalue weighted by molar-refractivity contribution is 0.474. The second-order valence-corrected chi connectivity index (χ2v) is 3.60. The zero-order valence-electron chi connectivity index (χ0n) is 9.05. The minimum atomic E-state index is -0.286.